The molecule has 2 amide bonds. The lowest BCUT2D eigenvalue weighted by Crippen LogP contribution is -2.51. The molecule has 2 aromatic heterocycles. The zero-order valence-corrected chi connectivity index (χ0v) is 15.7. The number of imidazole rings is 1. The molecule has 0 aromatic carbocycles. The molecular weight excluding hydrogens is 332 g/mol. The highest BCUT2D eigenvalue weighted by Gasteiger charge is 2.37. The molecule has 1 saturated heterocycles. The van der Waals surface area contributed by atoms with E-state index in [0.717, 1.165) is 12.2 Å². The van der Waals surface area contributed by atoms with Gasteiger partial charge in [0.2, 0.25) is 5.91 Å². The highest BCUT2D eigenvalue weighted by Crippen LogP contribution is 2.30. The molecule has 0 saturated carbocycles. The molecule has 2 atom stereocenters. The van der Waals surface area contributed by atoms with Gasteiger partial charge in [-0.15, -0.1) is 0 Å². The standard InChI is InChI=1S/C18H26N6O2/c1-12(2)9-24-10-13(7-20-24)18(26)21-14-5-6-16(25)23(4)17(14)15-8-19-11-22(15)3/h7-8,10-12,14,17H,5-6,9H2,1-4H3,(H,21,26)/t14-,17-/m1/s1. The van der Waals surface area contributed by atoms with E-state index in [1.165, 1.54) is 0 Å². The van der Waals surface area contributed by atoms with Crippen LogP contribution in [0.4, 0.5) is 0 Å². The van der Waals surface area contributed by atoms with Gasteiger partial charge >= 0.3 is 0 Å². The van der Waals surface area contributed by atoms with E-state index in [-0.39, 0.29) is 23.9 Å². The number of nitrogens with one attached hydrogen (secondary N) is 1. The number of aromatic nitrogens is 4. The van der Waals surface area contributed by atoms with Crippen molar-refractivity contribution >= 4 is 11.8 Å². The van der Waals surface area contributed by atoms with Gasteiger partial charge in [0.1, 0.15) is 0 Å². The fourth-order valence-corrected chi connectivity index (χ4v) is 3.45. The first-order chi connectivity index (χ1) is 12.4. The normalized spacial score (nSPS) is 20.7. The van der Waals surface area contributed by atoms with Gasteiger partial charge in [0.15, 0.2) is 0 Å². The molecule has 0 bridgehead atoms. The van der Waals surface area contributed by atoms with Crippen LogP contribution in [-0.2, 0) is 18.4 Å². The van der Waals surface area contributed by atoms with Crippen molar-refractivity contribution in [3.8, 4) is 0 Å². The maximum Gasteiger partial charge on any atom is 0.254 e. The summed E-state index contributed by atoms with van der Waals surface area (Å²) in [6.45, 7) is 4.98. The zero-order valence-electron chi connectivity index (χ0n) is 15.7. The van der Waals surface area contributed by atoms with Crippen molar-refractivity contribution in [1.82, 2.24) is 29.5 Å². The van der Waals surface area contributed by atoms with E-state index in [1.807, 2.05) is 11.6 Å². The Morgan fingerprint density at radius 3 is 2.77 bits per heavy atom. The molecule has 1 N–H and O–H groups in total. The van der Waals surface area contributed by atoms with Gasteiger partial charge in [0.25, 0.3) is 5.91 Å². The Morgan fingerprint density at radius 2 is 2.12 bits per heavy atom. The van der Waals surface area contributed by atoms with Gasteiger partial charge in [-0.3, -0.25) is 14.3 Å². The summed E-state index contributed by atoms with van der Waals surface area (Å²) >= 11 is 0. The van der Waals surface area contributed by atoms with Crippen LogP contribution in [0.2, 0.25) is 0 Å². The summed E-state index contributed by atoms with van der Waals surface area (Å²) < 4.78 is 3.67. The highest BCUT2D eigenvalue weighted by atomic mass is 16.2. The van der Waals surface area contributed by atoms with E-state index in [9.17, 15) is 9.59 Å². The Labute approximate surface area is 153 Å². The molecule has 1 fully saturated rings. The van der Waals surface area contributed by atoms with Crippen LogP contribution in [0.5, 0.6) is 0 Å². The average molecular weight is 358 g/mol. The Morgan fingerprint density at radius 1 is 1.35 bits per heavy atom. The van der Waals surface area contributed by atoms with Crippen molar-refractivity contribution in [2.75, 3.05) is 7.05 Å². The average Bonchev–Trinajstić information content (AvgIpc) is 3.20. The van der Waals surface area contributed by atoms with Gasteiger partial charge in [-0.05, 0) is 12.3 Å². The molecule has 8 heteroatoms. The summed E-state index contributed by atoms with van der Waals surface area (Å²) in [5.41, 5.74) is 1.44. The van der Waals surface area contributed by atoms with Crippen LogP contribution in [0.25, 0.3) is 0 Å². The van der Waals surface area contributed by atoms with E-state index in [4.69, 9.17) is 0 Å². The van der Waals surface area contributed by atoms with Crippen molar-refractivity contribution in [2.45, 2.75) is 45.3 Å². The molecule has 1 aliphatic rings. The van der Waals surface area contributed by atoms with E-state index >= 15 is 0 Å². The third kappa shape index (κ3) is 3.63. The number of carbonyl (C=O) groups is 2. The molecule has 3 rings (SSSR count). The molecule has 8 nitrogen and oxygen atoms in total. The van der Waals surface area contributed by atoms with E-state index in [1.54, 1.807) is 41.5 Å². The number of likely N-dealkylation sites (N-methyl/N-ethyl adjacent to an activating group) is 1. The van der Waals surface area contributed by atoms with Gasteiger partial charge in [0.05, 0.1) is 42.1 Å². The summed E-state index contributed by atoms with van der Waals surface area (Å²) in [6.07, 6.45) is 7.84. The van der Waals surface area contributed by atoms with E-state index in [2.05, 4.69) is 29.2 Å². The summed E-state index contributed by atoms with van der Waals surface area (Å²) in [7, 11) is 3.67. The minimum atomic E-state index is -0.238. The van der Waals surface area contributed by atoms with Crippen molar-refractivity contribution in [2.24, 2.45) is 13.0 Å². The minimum absolute atomic E-state index is 0.0754. The lowest BCUT2D eigenvalue weighted by Gasteiger charge is -2.39. The van der Waals surface area contributed by atoms with Crippen molar-refractivity contribution < 1.29 is 9.59 Å². The van der Waals surface area contributed by atoms with E-state index < -0.39 is 0 Å². The number of piperidine rings is 1. The van der Waals surface area contributed by atoms with Crippen LogP contribution >= 0.6 is 0 Å². The topological polar surface area (TPSA) is 85.0 Å². The maximum absolute atomic E-state index is 12.7. The van der Waals surface area contributed by atoms with Crippen LogP contribution in [0.3, 0.4) is 0 Å². The van der Waals surface area contributed by atoms with Crippen LogP contribution in [0, 0.1) is 5.92 Å². The van der Waals surface area contributed by atoms with Gasteiger partial charge in [-0.2, -0.15) is 5.10 Å². The minimum Gasteiger partial charge on any atom is -0.347 e. The van der Waals surface area contributed by atoms with Gasteiger partial charge in [-0.25, -0.2) is 4.98 Å². The third-order valence-electron chi connectivity index (χ3n) is 4.78. The van der Waals surface area contributed by atoms with Crippen LogP contribution in [0.1, 0.15) is 48.8 Å². The SMILES string of the molecule is CC(C)Cn1cc(C(=O)N[C@@H]2CCC(=O)N(C)[C@H]2c2cncn2C)cn1. The number of likely N-dealkylation sites (tertiary alicyclic amines) is 1. The molecule has 1 aliphatic heterocycles. The highest BCUT2D eigenvalue weighted by molar-refractivity contribution is 5.94. The summed E-state index contributed by atoms with van der Waals surface area (Å²) in [6, 6.07) is -0.410. The molecule has 2 aromatic rings. The Balaban J connectivity index is 1.78. The van der Waals surface area contributed by atoms with Crippen LogP contribution in [0.15, 0.2) is 24.9 Å². The Hall–Kier alpha value is -2.64. The fourth-order valence-electron chi connectivity index (χ4n) is 3.45. The van der Waals surface area contributed by atoms with Crippen molar-refractivity contribution in [3.63, 3.8) is 0 Å². The van der Waals surface area contributed by atoms with Crippen molar-refractivity contribution in [3.05, 3.63) is 36.2 Å². The molecule has 0 spiro atoms. The molecule has 26 heavy (non-hydrogen) atoms. The molecule has 0 radical (unpaired) electrons. The Bertz CT molecular complexity index is 793. The predicted molar refractivity (Wildman–Crippen MR) is 96.3 cm³/mol. The van der Waals surface area contributed by atoms with Gasteiger partial charge < -0.3 is 14.8 Å². The lowest BCUT2D eigenvalue weighted by atomic mass is 9.93. The van der Waals surface area contributed by atoms with Gasteiger partial charge in [0, 0.05) is 33.3 Å². The number of amides is 2. The second-order valence-electron chi connectivity index (χ2n) is 7.34. The number of rotatable bonds is 5. The largest absolute Gasteiger partial charge is 0.347 e. The van der Waals surface area contributed by atoms with Crippen LogP contribution < -0.4 is 5.32 Å². The van der Waals surface area contributed by atoms with Crippen molar-refractivity contribution in [1.29, 1.82) is 0 Å². The summed E-state index contributed by atoms with van der Waals surface area (Å²) in [5, 5.41) is 7.35. The number of carbonyl (C=O) groups excluding carboxylic acids is 2. The third-order valence-corrected chi connectivity index (χ3v) is 4.78. The smallest absolute Gasteiger partial charge is 0.254 e. The zero-order chi connectivity index (χ0) is 18.8. The quantitative estimate of drug-likeness (QED) is 0.875. The number of hydrogen-bond donors (Lipinski definition) is 1. The second kappa shape index (κ2) is 7.31. The molecule has 140 valence electrons. The molecular formula is C18H26N6O2. The maximum atomic E-state index is 12.7. The number of nitrogens with zero attached hydrogens (tertiary/aromatic N) is 5. The monoisotopic (exact) mass is 358 g/mol. The first kappa shape index (κ1) is 18.2. The van der Waals surface area contributed by atoms with Gasteiger partial charge in [-0.1, -0.05) is 13.8 Å². The first-order valence-corrected chi connectivity index (χ1v) is 8.92. The lowest BCUT2D eigenvalue weighted by molar-refractivity contribution is -0.136. The molecule has 0 unspecified atom stereocenters. The summed E-state index contributed by atoms with van der Waals surface area (Å²) in [5.74, 6) is 0.365. The first-order valence-electron chi connectivity index (χ1n) is 8.92. The molecule has 3 heterocycles. The second-order valence-corrected chi connectivity index (χ2v) is 7.34. The fraction of sp³-hybridized carbons (Fsp3) is 0.556. The Kier molecular flexibility index (Phi) is 5.11. The predicted octanol–water partition coefficient (Wildman–Crippen LogP) is 1.36. The number of hydrogen-bond acceptors (Lipinski definition) is 4. The molecule has 0 aliphatic carbocycles. The summed E-state index contributed by atoms with van der Waals surface area (Å²) in [4.78, 5) is 30.8. The van der Waals surface area contributed by atoms with Crippen LogP contribution in [-0.4, -0.2) is 49.1 Å². The number of aryl methyl sites for hydroxylation is 1. The van der Waals surface area contributed by atoms with E-state index in [0.29, 0.717) is 24.3 Å².